The van der Waals surface area contributed by atoms with Crippen LogP contribution in [-0.4, -0.2) is 25.7 Å². The highest BCUT2D eigenvalue weighted by Gasteiger charge is 2.14. The predicted molar refractivity (Wildman–Crippen MR) is 89.5 cm³/mol. The van der Waals surface area contributed by atoms with Crippen LogP contribution in [0.25, 0.3) is 0 Å². The minimum atomic E-state index is 0.0592. The normalized spacial score (nSPS) is 16.4. The highest BCUT2D eigenvalue weighted by molar-refractivity contribution is 6.37. The fourth-order valence-electron chi connectivity index (χ4n) is 2.57. The molecule has 2 rings (SSSR count). The molecule has 118 valence electrons. The molecule has 0 saturated carbocycles. The van der Waals surface area contributed by atoms with E-state index in [9.17, 15) is 0 Å². The summed E-state index contributed by atoms with van der Waals surface area (Å²) < 4.78 is 5.64. The van der Waals surface area contributed by atoms with Crippen molar-refractivity contribution in [3.05, 3.63) is 27.7 Å². The number of benzene rings is 1. The van der Waals surface area contributed by atoms with E-state index in [4.69, 9.17) is 27.9 Å². The first-order valence-corrected chi connectivity index (χ1v) is 8.38. The fraction of sp³-hybridized carbons (Fsp3) is 0.625. The van der Waals surface area contributed by atoms with Crippen LogP contribution in [0.1, 0.15) is 32.3 Å². The van der Waals surface area contributed by atoms with Crippen molar-refractivity contribution < 1.29 is 4.74 Å². The Kier molecular flexibility index (Phi) is 6.62. The first-order chi connectivity index (χ1) is 10.1. The van der Waals surface area contributed by atoms with E-state index in [1.807, 2.05) is 26.0 Å². The molecule has 0 atom stereocenters. The van der Waals surface area contributed by atoms with Crippen molar-refractivity contribution in [3.8, 4) is 5.75 Å². The van der Waals surface area contributed by atoms with Gasteiger partial charge < -0.3 is 15.4 Å². The Hall–Kier alpha value is -0.480. The second-order valence-electron chi connectivity index (χ2n) is 5.88. The number of nitrogens with one attached hydrogen (secondary N) is 2. The second kappa shape index (κ2) is 8.23. The third-order valence-corrected chi connectivity index (χ3v) is 4.19. The molecule has 0 unspecified atom stereocenters. The Balaban J connectivity index is 1.88. The molecule has 0 aromatic heterocycles. The van der Waals surface area contributed by atoms with Gasteiger partial charge in [-0.3, -0.25) is 0 Å². The highest BCUT2D eigenvalue weighted by Crippen LogP contribution is 2.34. The summed E-state index contributed by atoms with van der Waals surface area (Å²) >= 11 is 12.5. The van der Waals surface area contributed by atoms with Crippen LogP contribution in [-0.2, 0) is 6.54 Å². The van der Waals surface area contributed by atoms with Gasteiger partial charge in [0.2, 0.25) is 0 Å². The van der Waals surface area contributed by atoms with Gasteiger partial charge in [0.25, 0.3) is 0 Å². The van der Waals surface area contributed by atoms with Gasteiger partial charge in [-0.15, -0.1) is 0 Å². The maximum Gasteiger partial charge on any atom is 0.156 e. The van der Waals surface area contributed by atoms with Crippen LogP contribution in [0.3, 0.4) is 0 Å². The van der Waals surface area contributed by atoms with Gasteiger partial charge in [0.15, 0.2) is 5.75 Å². The van der Waals surface area contributed by atoms with E-state index in [-0.39, 0.29) is 6.10 Å². The largest absolute Gasteiger partial charge is 0.488 e. The summed E-state index contributed by atoms with van der Waals surface area (Å²) in [5.74, 6) is 1.34. The Morgan fingerprint density at radius 1 is 1.24 bits per heavy atom. The molecule has 5 heteroatoms. The topological polar surface area (TPSA) is 33.3 Å². The molecule has 1 aliphatic heterocycles. The number of hydrogen-bond acceptors (Lipinski definition) is 3. The number of piperidine rings is 1. The monoisotopic (exact) mass is 330 g/mol. The van der Waals surface area contributed by atoms with Gasteiger partial charge in [-0.2, -0.15) is 0 Å². The summed E-state index contributed by atoms with van der Waals surface area (Å²) in [7, 11) is 0. The maximum atomic E-state index is 6.26. The lowest BCUT2D eigenvalue weighted by Gasteiger charge is -2.23. The average molecular weight is 331 g/mol. The first kappa shape index (κ1) is 16.9. The van der Waals surface area contributed by atoms with Crippen molar-refractivity contribution in [3.63, 3.8) is 0 Å². The lowest BCUT2D eigenvalue weighted by molar-refractivity contribution is 0.242. The van der Waals surface area contributed by atoms with Crippen molar-refractivity contribution in [1.29, 1.82) is 0 Å². The zero-order valence-electron chi connectivity index (χ0n) is 12.7. The Morgan fingerprint density at radius 3 is 2.43 bits per heavy atom. The van der Waals surface area contributed by atoms with E-state index in [2.05, 4.69) is 10.6 Å². The van der Waals surface area contributed by atoms with E-state index < -0.39 is 0 Å². The summed E-state index contributed by atoms with van der Waals surface area (Å²) in [6.45, 7) is 8.01. The van der Waals surface area contributed by atoms with Crippen molar-refractivity contribution in [1.82, 2.24) is 10.6 Å². The minimum Gasteiger partial charge on any atom is -0.488 e. The highest BCUT2D eigenvalue weighted by atomic mass is 35.5. The van der Waals surface area contributed by atoms with Crippen LogP contribution >= 0.6 is 23.2 Å². The predicted octanol–water partition coefficient (Wildman–Crippen LogP) is 3.87. The lowest BCUT2D eigenvalue weighted by Crippen LogP contribution is -2.33. The van der Waals surface area contributed by atoms with E-state index in [1.54, 1.807) is 0 Å². The molecule has 1 aliphatic rings. The van der Waals surface area contributed by atoms with Crippen LogP contribution < -0.4 is 15.4 Å². The summed E-state index contributed by atoms with van der Waals surface area (Å²) in [6.07, 6.45) is 2.55. The van der Waals surface area contributed by atoms with Crippen molar-refractivity contribution in [2.24, 2.45) is 5.92 Å². The van der Waals surface area contributed by atoms with Crippen LogP contribution in [0.2, 0.25) is 10.0 Å². The van der Waals surface area contributed by atoms with Gasteiger partial charge in [-0.1, -0.05) is 23.2 Å². The smallest absolute Gasteiger partial charge is 0.156 e. The molecule has 2 N–H and O–H groups in total. The molecule has 1 aromatic rings. The Bertz CT molecular complexity index is 437. The molecule has 3 nitrogen and oxygen atoms in total. The molecule has 21 heavy (non-hydrogen) atoms. The van der Waals surface area contributed by atoms with Crippen LogP contribution in [0, 0.1) is 5.92 Å². The number of ether oxygens (including phenoxy) is 1. The van der Waals surface area contributed by atoms with Gasteiger partial charge in [0.05, 0.1) is 16.1 Å². The number of rotatable bonds is 6. The summed E-state index contributed by atoms with van der Waals surface area (Å²) in [4.78, 5) is 0. The average Bonchev–Trinajstić information content (AvgIpc) is 2.44. The van der Waals surface area contributed by atoms with Crippen LogP contribution in [0.15, 0.2) is 12.1 Å². The molecule has 1 heterocycles. The van der Waals surface area contributed by atoms with E-state index in [0.29, 0.717) is 15.8 Å². The third kappa shape index (κ3) is 5.33. The van der Waals surface area contributed by atoms with Gasteiger partial charge in [0, 0.05) is 6.54 Å². The molecular formula is C16H24Cl2N2O. The molecule has 1 saturated heterocycles. The molecule has 0 bridgehead atoms. The van der Waals surface area contributed by atoms with E-state index >= 15 is 0 Å². The quantitative estimate of drug-likeness (QED) is 0.830. The van der Waals surface area contributed by atoms with Crippen molar-refractivity contribution >= 4 is 23.2 Å². The van der Waals surface area contributed by atoms with E-state index in [1.165, 1.54) is 12.8 Å². The Morgan fingerprint density at radius 2 is 1.86 bits per heavy atom. The number of halogens is 2. The maximum absolute atomic E-state index is 6.26. The molecule has 0 radical (unpaired) electrons. The molecule has 0 amide bonds. The lowest BCUT2D eigenvalue weighted by atomic mass is 9.98. The molecule has 1 aromatic carbocycles. The van der Waals surface area contributed by atoms with Crippen LogP contribution in [0.5, 0.6) is 5.75 Å². The van der Waals surface area contributed by atoms with E-state index in [0.717, 1.165) is 37.7 Å². The zero-order valence-corrected chi connectivity index (χ0v) is 14.2. The van der Waals surface area contributed by atoms with Gasteiger partial charge in [-0.05, 0) is 69.9 Å². The standard InChI is InChI=1S/C16H24Cl2N2O/c1-11(2)21-16-14(17)7-13(8-15(16)18)10-20-9-12-3-5-19-6-4-12/h7-8,11-12,19-20H,3-6,9-10H2,1-2H3. The van der Waals surface area contributed by atoms with Gasteiger partial charge >= 0.3 is 0 Å². The molecule has 1 fully saturated rings. The van der Waals surface area contributed by atoms with Gasteiger partial charge in [0.1, 0.15) is 0 Å². The van der Waals surface area contributed by atoms with Crippen molar-refractivity contribution in [2.75, 3.05) is 19.6 Å². The van der Waals surface area contributed by atoms with Crippen molar-refractivity contribution in [2.45, 2.75) is 39.3 Å². The van der Waals surface area contributed by atoms with Gasteiger partial charge in [-0.25, -0.2) is 0 Å². The third-order valence-electron chi connectivity index (χ3n) is 3.63. The molecule has 0 aliphatic carbocycles. The fourth-order valence-corrected chi connectivity index (χ4v) is 3.19. The number of hydrogen-bond donors (Lipinski definition) is 2. The summed E-state index contributed by atoms with van der Waals surface area (Å²) in [6, 6.07) is 3.86. The Labute approximate surface area is 137 Å². The van der Waals surface area contributed by atoms with Crippen LogP contribution in [0.4, 0.5) is 0 Å². The molecule has 0 spiro atoms. The zero-order chi connectivity index (χ0) is 15.2. The first-order valence-electron chi connectivity index (χ1n) is 7.62. The minimum absolute atomic E-state index is 0.0592. The SMILES string of the molecule is CC(C)Oc1c(Cl)cc(CNCC2CCNCC2)cc1Cl. The second-order valence-corrected chi connectivity index (χ2v) is 6.69. The summed E-state index contributed by atoms with van der Waals surface area (Å²) in [5, 5.41) is 8.04. The molecular weight excluding hydrogens is 307 g/mol. The summed E-state index contributed by atoms with van der Waals surface area (Å²) in [5.41, 5.74) is 1.09.